The molecule has 0 bridgehead atoms. The first-order valence-electron chi connectivity index (χ1n) is 6.14. The van der Waals surface area contributed by atoms with Crippen molar-refractivity contribution in [1.82, 2.24) is 16.0 Å². The van der Waals surface area contributed by atoms with E-state index in [1.54, 1.807) is 0 Å². The van der Waals surface area contributed by atoms with E-state index in [4.69, 9.17) is 5.73 Å². The Labute approximate surface area is 116 Å². The van der Waals surface area contributed by atoms with Gasteiger partial charge in [-0.15, -0.1) is 11.3 Å². The van der Waals surface area contributed by atoms with Crippen LogP contribution in [-0.4, -0.2) is 32.1 Å². The summed E-state index contributed by atoms with van der Waals surface area (Å²) >= 11 is 1.49. The molecule has 0 fully saturated rings. The predicted molar refractivity (Wildman–Crippen MR) is 75.9 cm³/mol. The van der Waals surface area contributed by atoms with Crippen molar-refractivity contribution < 1.29 is 9.59 Å². The Morgan fingerprint density at radius 3 is 2.79 bits per heavy atom. The van der Waals surface area contributed by atoms with E-state index < -0.39 is 6.03 Å². The van der Waals surface area contributed by atoms with Gasteiger partial charge in [-0.1, -0.05) is 6.07 Å². The molecule has 0 aliphatic carbocycles. The minimum Gasteiger partial charge on any atom is -0.356 e. The van der Waals surface area contributed by atoms with Crippen LogP contribution in [0.2, 0.25) is 0 Å². The van der Waals surface area contributed by atoms with Gasteiger partial charge in [0.2, 0.25) is 5.91 Å². The van der Waals surface area contributed by atoms with Crippen molar-refractivity contribution in [3.63, 3.8) is 0 Å². The highest BCUT2D eigenvalue weighted by Crippen LogP contribution is 2.21. The van der Waals surface area contributed by atoms with Gasteiger partial charge in [0.05, 0.1) is 12.5 Å². The highest BCUT2D eigenvalue weighted by atomic mass is 32.1. The second-order valence-electron chi connectivity index (χ2n) is 4.09. The number of nitrogens with two attached hydrogens (primary N) is 1. The lowest BCUT2D eigenvalue weighted by molar-refractivity contribution is -0.121. The Morgan fingerprint density at radius 2 is 2.21 bits per heavy atom. The van der Waals surface area contributed by atoms with Crippen LogP contribution in [0.5, 0.6) is 0 Å². The third-order valence-corrected chi connectivity index (χ3v) is 3.50. The third-order valence-electron chi connectivity index (χ3n) is 2.52. The van der Waals surface area contributed by atoms with E-state index in [-0.39, 0.29) is 18.4 Å². The third kappa shape index (κ3) is 6.21. The average Bonchev–Trinajstić information content (AvgIpc) is 2.87. The molecule has 3 amide bonds. The maximum atomic E-state index is 11.8. The second-order valence-corrected chi connectivity index (χ2v) is 5.07. The molecule has 0 saturated carbocycles. The summed E-state index contributed by atoms with van der Waals surface area (Å²) in [7, 11) is 1.87. The van der Waals surface area contributed by atoms with Crippen LogP contribution in [0.1, 0.15) is 23.8 Å². The Kier molecular flexibility index (Phi) is 6.91. The first-order chi connectivity index (χ1) is 9.13. The first kappa shape index (κ1) is 15.5. The lowest BCUT2D eigenvalue weighted by atomic mass is 10.1. The summed E-state index contributed by atoms with van der Waals surface area (Å²) in [6.07, 6.45) is 1.07. The fraction of sp³-hybridized carbons (Fsp3) is 0.500. The normalized spacial score (nSPS) is 11.8. The van der Waals surface area contributed by atoms with Crippen molar-refractivity contribution >= 4 is 23.3 Å². The number of carbonyl (C=O) groups is 2. The Bertz CT molecular complexity index is 394. The molecule has 1 aromatic heterocycles. The number of nitrogens with one attached hydrogen (secondary N) is 3. The molecule has 0 saturated heterocycles. The van der Waals surface area contributed by atoms with Gasteiger partial charge in [0, 0.05) is 11.4 Å². The van der Waals surface area contributed by atoms with Gasteiger partial charge in [0.1, 0.15) is 0 Å². The Balaban J connectivity index is 2.44. The highest BCUT2D eigenvalue weighted by Gasteiger charge is 2.17. The van der Waals surface area contributed by atoms with Crippen molar-refractivity contribution in [2.24, 2.45) is 5.73 Å². The van der Waals surface area contributed by atoms with Crippen LogP contribution in [0, 0.1) is 0 Å². The smallest absolute Gasteiger partial charge is 0.312 e. The molecule has 0 radical (unpaired) electrons. The number of primary amides is 1. The molecule has 1 heterocycles. The van der Waals surface area contributed by atoms with E-state index in [1.165, 1.54) is 11.3 Å². The maximum absolute atomic E-state index is 11.8. The number of rotatable bonds is 8. The minimum absolute atomic E-state index is 0.0942. The van der Waals surface area contributed by atoms with Gasteiger partial charge in [-0.05, 0) is 31.5 Å². The second kappa shape index (κ2) is 8.49. The van der Waals surface area contributed by atoms with Crippen molar-refractivity contribution in [2.45, 2.75) is 18.9 Å². The molecular formula is C12H20N4O2S. The molecule has 1 unspecified atom stereocenters. The fourth-order valence-electron chi connectivity index (χ4n) is 1.63. The zero-order valence-electron chi connectivity index (χ0n) is 10.9. The lowest BCUT2D eigenvalue weighted by Crippen LogP contribution is -2.36. The topological polar surface area (TPSA) is 96.2 Å². The van der Waals surface area contributed by atoms with E-state index in [2.05, 4.69) is 16.0 Å². The Hall–Kier alpha value is -1.60. The fourth-order valence-corrected chi connectivity index (χ4v) is 2.41. The SMILES string of the molecule is CNCCCNC(=O)CC(NC(N)=O)c1cccs1. The number of thiophene rings is 1. The summed E-state index contributed by atoms with van der Waals surface area (Å²) < 4.78 is 0. The van der Waals surface area contributed by atoms with E-state index in [1.807, 2.05) is 24.6 Å². The molecule has 19 heavy (non-hydrogen) atoms. The molecule has 0 aromatic carbocycles. The van der Waals surface area contributed by atoms with E-state index in [0.29, 0.717) is 6.54 Å². The van der Waals surface area contributed by atoms with Crippen molar-refractivity contribution in [3.8, 4) is 0 Å². The van der Waals surface area contributed by atoms with Crippen molar-refractivity contribution in [3.05, 3.63) is 22.4 Å². The molecule has 7 heteroatoms. The van der Waals surface area contributed by atoms with Crippen LogP contribution in [-0.2, 0) is 4.79 Å². The quantitative estimate of drug-likeness (QED) is 0.526. The standard InChI is InChI=1S/C12H20N4O2S/c1-14-5-3-6-15-11(17)8-9(16-12(13)18)10-4-2-7-19-10/h2,4,7,9,14H,3,5-6,8H2,1H3,(H,15,17)(H3,13,16,18). The molecule has 0 aliphatic heterocycles. The van der Waals surface area contributed by atoms with Crippen LogP contribution in [0.4, 0.5) is 4.79 Å². The molecule has 106 valence electrons. The highest BCUT2D eigenvalue weighted by molar-refractivity contribution is 7.10. The van der Waals surface area contributed by atoms with Crippen LogP contribution in [0.15, 0.2) is 17.5 Å². The van der Waals surface area contributed by atoms with Gasteiger partial charge < -0.3 is 21.7 Å². The van der Waals surface area contributed by atoms with E-state index >= 15 is 0 Å². The largest absolute Gasteiger partial charge is 0.356 e. The van der Waals surface area contributed by atoms with Crippen molar-refractivity contribution in [1.29, 1.82) is 0 Å². The summed E-state index contributed by atoms with van der Waals surface area (Å²) in [5.41, 5.74) is 5.13. The van der Waals surface area contributed by atoms with E-state index in [0.717, 1.165) is 17.8 Å². The molecule has 6 nitrogen and oxygen atoms in total. The number of hydrogen-bond acceptors (Lipinski definition) is 4. The summed E-state index contributed by atoms with van der Waals surface area (Å²) in [6.45, 7) is 1.47. The summed E-state index contributed by atoms with van der Waals surface area (Å²) in [6, 6.07) is 2.77. The summed E-state index contributed by atoms with van der Waals surface area (Å²) in [5, 5.41) is 10.3. The zero-order chi connectivity index (χ0) is 14.1. The van der Waals surface area contributed by atoms with Gasteiger partial charge in [-0.25, -0.2) is 4.79 Å². The summed E-state index contributed by atoms with van der Waals surface area (Å²) in [4.78, 5) is 23.7. The van der Waals surface area contributed by atoms with Crippen LogP contribution in [0.25, 0.3) is 0 Å². The lowest BCUT2D eigenvalue weighted by Gasteiger charge is -2.15. The zero-order valence-corrected chi connectivity index (χ0v) is 11.8. The molecule has 1 rings (SSSR count). The van der Waals surface area contributed by atoms with Crippen LogP contribution >= 0.6 is 11.3 Å². The number of carbonyl (C=O) groups excluding carboxylic acids is 2. The van der Waals surface area contributed by atoms with Gasteiger partial charge in [-0.2, -0.15) is 0 Å². The maximum Gasteiger partial charge on any atom is 0.312 e. The van der Waals surface area contributed by atoms with Gasteiger partial charge >= 0.3 is 6.03 Å². The van der Waals surface area contributed by atoms with Gasteiger partial charge in [0.15, 0.2) is 0 Å². The molecule has 1 atom stereocenters. The number of hydrogen-bond donors (Lipinski definition) is 4. The average molecular weight is 284 g/mol. The van der Waals surface area contributed by atoms with Crippen LogP contribution in [0.3, 0.4) is 0 Å². The number of amides is 3. The van der Waals surface area contributed by atoms with E-state index in [9.17, 15) is 9.59 Å². The molecule has 0 aliphatic rings. The minimum atomic E-state index is -0.624. The molecule has 0 spiro atoms. The Morgan fingerprint density at radius 1 is 1.42 bits per heavy atom. The predicted octanol–water partition coefficient (Wildman–Crippen LogP) is 0.573. The summed E-state index contributed by atoms with van der Waals surface area (Å²) in [5.74, 6) is -0.0942. The monoisotopic (exact) mass is 284 g/mol. The first-order valence-corrected chi connectivity index (χ1v) is 7.02. The molecule has 5 N–H and O–H groups in total. The molecular weight excluding hydrogens is 264 g/mol. The number of urea groups is 1. The molecule has 1 aromatic rings. The van der Waals surface area contributed by atoms with Gasteiger partial charge in [0.25, 0.3) is 0 Å². The van der Waals surface area contributed by atoms with Gasteiger partial charge in [-0.3, -0.25) is 4.79 Å². The van der Waals surface area contributed by atoms with Crippen LogP contribution < -0.4 is 21.7 Å². The van der Waals surface area contributed by atoms with Crippen molar-refractivity contribution in [2.75, 3.05) is 20.1 Å².